The summed E-state index contributed by atoms with van der Waals surface area (Å²) in [5.41, 5.74) is 2.09. The molecule has 0 aliphatic heterocycles. The number of nitrogens with one attached hydrogen (secondary N) is 2. The van der Waals surface area contributed by atoms with Crippen molar-refractivity contribution in [2.45, 2.75) is 44.2 Å². The molecular formula is C19H20FN3O. The second-order valence-corrected chi connectivity index (χ2v) is 6.43. The molecule has 1 aliphatic rings. The zero-order valence-electron chi connectivity index (χ0n) is 13.6. The third-order valence-electron chi connectivity index (χ3n) is 4.81. The highest BCUT2D eigenvalue weighted by molar-refractivity contribution is 5.35. The molecule has 0 spiro atoms. The van der Waals surface area contributed by atoms with Crippen molar-refractivity contribution in [3.05, 3.63) is 69.4 Å². The van der Waals surface area contributed by atoms with Crippen molar-refractivity contribution < 1.29 is 4.39 Å². The van der Waals surface area contributed by atoms with Crippen molar-refractivity contribution in [2.24, 2.45) is 0 Å². The molecule has 0 radical (unpaired) electrons. The summed E-state index contributed by atoms with van der Waals surface area (Å²) in [4.78, 5) is 13.9. The minimum Gasteiger partial charge on any atom is -0.329 e. The van der Waals surface area contributed by atoms with Crippen LogP contribution in [0.1, 0.15) is 54.8 Å². The Morgan fingerprint density at radius 1 is 1.33 bits per heavy atom. The van der Waals surface area contributed by atoms with Gasteiger partial charge in [-0.05, 0) is 55.4 Å². The molecule has 0 bridgehead atoms. The summed E-state index contributed by atoms with van der Waals surface area (Å²) in [5.74, 6) is -0.0399. The van der Waals surface area contributed by atoms with Gasteiger partial charge in [0.25, 0.3) is 0 Å². The van der Waals surface area contributed by atoms with Crippen molar-refractivity contribution in [1.82, 2.24) is 10.3 Å². The third-order valence-corrected chi connectivity index (χ3v) is 4.81. The number of pyridine rings is 1. The first-order valence-electron chi connectivity index (χ1n) is 8.21. The summed E-state index contributed by atoms with van der Waals surface area (Å²) in [7, 11) is 0. The Hall–Kier alpha value is -2.45. The summed E-state index contributed by atoms with van der Waals surface area (Å²) in [6.07, 6.45) is 4.93. The van der Waals surface area contributed by atoms with Crippen LogP contribution in [0.15, 0.2) is 41.3 Å². The number of benzene rings is 1. The molecule has 1 saturated carbocycles. The first kappa shape index (κ1) is 16.4. The van der Waals surface area contributed by atoms with Crippen LogP contribution in [0.5, 0.6) is 0 Å². The van der Waals surface area contributed by atoms with Crippen molar-refractivity contribution in [2.75, 3.05) is 0 Å². The Morgan fingerprint density at radius 2 is 2.17 bits per heavy atom. The maximum atomic E-state index is 13.4. The molecule has 3 rings (SSSR count). The predicted molar refractivity (Wildman–Crippen MR) is 90.1 cm³/mol. The van der Waals surface area contributed by atoms with Crippen molar-refractivity contribution in [3.63, 3.8) is 0 Å². The molecule has 4 nitrogen and oxygen atoms in total. The summed E-state index contributed by atoms with van der Waals surface area (Å²) < 4.78 is 13.4. The molecule has 1 aromatic heterocycles. The number of aromatic nitrogens is 1. The Labute approximate surface area is 140 Å². The molecular weight excluding hydrogens is 305 g/mol. The molecule has 0 amide bonds. The largest absolute Gasteiger partial charge is 0.329 e. The van der Waals surface area contributed by atoms with Gasteiger partial charge in [-0.3, -0.25) is 4.79 Å². The SMILES string of the molecule is C[C@@H](NC1CC[C@H](c2ccc(=O)[nH]c2)C1)c1ccc(F)c(C#N)c1. The number of nitrogens with zero attached hydrogens (tertiary/aromatic N) is 1. The molecule has 2 N–H and O–H groups in total. The quantitative estimate of drug-likeness (QED) is 0.905. The lowest BCUT2D eigenvalue weighted by atomic mass is 9.99. The Bertz CT molecular complexity index is 804. The number of rotatable bonds is 4. The van der Waals surface area contributed by atoms with Gasteiger partial charge in [-0.25, -0.2) is 4.39 Å². The van der Waals surface area contributed by atoms with E-state index in [1.54, 1.807) is 24.4 Å². The molecule has 124 valence electrons. The van der Waals surface area contributed by atoms with Gasteiger partial charge in [-0.2, -0.15) is 5.26 Å². The molecule has 0 saturated heterocycles. The number of nitriles is 1. The number of hydrogen-bond donors (Lipinski definition) is 2. The van der Waals surface area contributed by atoms with Gasteiger partial charge in [-0.1, -0.05) is 12.1 Å². The topological polar surface area (TPSA) is 68.7 Å². The van der Waals surface area contributed by atoms with E-state index in [1.807, 2.05) is 19.1 Å². The minimum absolute atomic E-state index is 0.0528. The summed E-state index contributed by atoms with van der Waals surface area (Å²) in [6, 6.07) is 10.5. The fourth-order valence-corrected chi connectivity index (χ4v) is 3.46. The lowest BCUT2D eigenvalue weighted by Crippen LogP contribution is -2.29. The van der Waals surface area contributed by atoms with Crippen LogP contribution in [0.25, 0.3) is 0 Å². The van der Waals surface area contributed by atoms with Gasteiger partial charge in [0.05, 0.1) is 5.56 Å². The predicted octanol–water partition coefficient (Wildman–Crippen LogP) is 3.37. The van der Waals surface area contributed by atoms with E-state index in [0.717, 1.165) is 24.8 Å². The van der Waals surface area contributed by atoms with E-state index in [4.69, 9.17) is 5.26 Å². The molecule has 1 aliphatic carbocycles. The van der Waals surface area contributed by atoms with Crippen molar-refractivity contribution >= 4 is 0 Å². The number of halogens is 1. The lowest BCUT2D eigenvalue weighted by Gasteiger charge is -2.20. The molecule has 1 unspecified atom stereocenters. The highest BCUT2D eigenvalue weighted by atomic mass is 19.1. The normalized spacial score (nSPS) is 21.4. The van der Waals surface area contributed by atoms with E-state index in [2.05, 4.69) is 10.3 Å². The van der Waals surface area contributed by atoms with Gasteiger partial charge >= 0.3 is 0 Å². The first-order valence-corrected chi connectivity index (χ1v) is 8.21. The Balaban J connectivity index is 1.64. The zero-order valence-corrected chi connectivity index (χ0v) is 13.6. The van der Waals surface area contributed by atoms with Crippen LogP contribution < -0.4 is 10.9 Å². The molecule has 3 atom stereocenters. The molecule has 5 heteroatoms. The number of aromatic amines is 1. The van der Waals surface area contributed by atoms with Crippen LogP contribution in [-0.4, -0.2) is 11.0 Å². The highest BCUT2D eigenvalue weighted by Crippen LogP contribution is 2.34. The molecule has 1 fully saturated rings. The highest BCUT2D eigenvalue weighted by Gasteiger charge is 2.27. The van der Waals surface area contributed by atoms with Crippen LogP contribution in [0.2, 0.25) is 0 Å². The number of H-pyrrole nitrogens is 1. The minimum atomic E-state index is -0.479. The molecule has 1 heterocycles. The second-order valence-electron chi connectivity index (χ2n) is 6.43. The van der Waals surface area contributed by atoms with Gasteiger partial charge in [0.1, 0.15) is 11.9 Å². The van der Waals surface area contributed by atoms with Crippen molar-refractivity contribution in [3.8, 4) is 6.07 Å². The average molecular weight is 325 g/mol. The van der Waals surface area contributed by atoms with Gasteiger partial charge < -0.3 is 10.3 Å². The Morgan fingerprint density at radius 3 is 2.88 bits per heavy atom. The van der Waals surface area contributed by atoms with Crippen LogP contribution >= 0.6 is 0 Å². The van der Waals surface area contributed by atoms with Gasteiger partial charge in [0.2, 0.25) is 5.56 Å². The van der Waals surface area contributed by atoms with E-state index in [9.17, 15) is 9.18 Å². The maximum absolute atomic E-state index is 13.4. The van der Waals surface area contributed by atoms with E-state index in [-0.39, 0.29) is 17.2 Å². The first-order chi connectivity index (χ1) is 11.6. The van der Waals surface area contributed by atoms with Gasteiger partial charge in [0.15, 0.2) is 0 Å². The maximum Gasteiger partial charge on any atom is 0.247 e. The number of hydrogen-bond acceptors (Lipinski definition) is 3. The summed E-state index contributed by atoms with van der Waals surface area (Å²) in [5, 5.41) is 12.5. The fraction of sp³-hybridized carbons (Fsp3) is 0.368. The lowest BCUT2D eigenvalue weighted by molar-refractivity contribution is 0.456. The summed E-state index contributed by atoms with van der Waals surface area (Å²) >= 11 is 0. The van der Waals surface area contributed by atoms with E-state index in [0.29, 0.717) is 12.0 Å². The van der Waals surface area contributed by atoms with Crippen LogP contribution in [-0.2, 0) is 0 Å². The Kier molecular flexibility index (Phi) is 4.77. The van der Waals surface area contributed by atoms with Crippen LogP contribution in [0.3, 0.4) is 0 Å². The zero-order chi connectivity index (χ0) is 17.1. The van der Waals surface area contributed by atoms with Gasteiger partial charge in [-0.15, -0.1) is 0 Å². The van der Waals surface area contributed by atoms with E-state index >= 15 is 0 Å². The fourth-order valence-electron chi connectivity index (χ4n) is 3.46. The average Bonchev–Trinajstić information content (AvgIpc) is 3.04. The standard InChI is InChI=1S/C19H20FN3O/c1-12(13-3-6-18(20)16(8-13)10-21)23-17-5-2-14(9-17)15-4-7-19(24)22-11-15/h3-4,6-8,11-12,14,17,23H,2,5,9H2,1H3,(H,22,24)/t12-,14+,17?/m1/s1. The summed E-state index contributed by atoms with van der Waals surface area (Å²) in [6.45, 7) is 2.03. The van der Waals surface area contributed by atoms with Crippen LogP contribution in [0, 0.1) is 17.1 Å². The van der Waals surface area contributed by atoms with E-state index in [1.165, 1.54) is 11.6 Å². The smallest absolute Gasteiger partial charge is 0.247 e. The van der Waals surface area contributed by atoms with Crippen LogP contribution in [0.4, 0.5) is 4.39 Å². The second kappa shape index (κ2) is 6.98. The molecule has 1 aromatic carbocycles. The van der Waals surface area contributed by atoms with Crippen molar-refractivity contribution in [1.29, 1.82) is 5.26 Å². The third kappa shape index (κ3) is 3.55. The molecule has 24 heavy (non-hydrogen) atoms. The monoisotopic (exact) mass is 325 g/mol. The van der Waals surface area contributed by atoms with Gasteiger partial charge in [0, 0.05) is 24.3 Å². The molecule has 2 aromatic rings. The van der Waals surface area contributed by atoms with E-state index < -0.39 is 5.82 Å².